The first-order valence-corrected chi connectivity index (χ1v) is 5.70. The van der Waals surface area contributed by atoms with Crippen molar-refractivity contribution in [3.8, 4) is 11.8 Å². The van der Waals surface area contributed by atoms with Crippen molar-refractivity contribution >= 4 is 0 Å². The van der Waals surface area contributed by atoms with Crippen molar-refractivity contribution in [1.82, 2.24) is 4.98 Å². The smallest absolute Gasteiger partial charge is 0.191 e. The van der Waals surface area contributed by atoms with E-state index in [9.17, 15) is 8.78 Å². The van der Waals surface area contributed by atoms with E-state index in [2.05, 4.69) is 4.98 Å². The van der Waals surface area contributed by atoms with Gasteiger partial charge in [0.2, 0.25) is 0 Å². The lowest BCUT2D eigenvalue weighted by Gasteiger charge is -2.09. The first-order valence-electron chi connectivity index (χ1n) is 5.70. The number of aromatic nitrogens is 1. The van der Waals surface area contributed by atoms with Gasteiger partial charge in [0.1, 0.15) is 18.4 Å². The Bertz CT molecular complexity index is 645. The normalized spacial score (nSPS) is 10.1. The van der Waals surface area contributed by atoms with Gasteiger partial charge in [0.15, 0.2) is 17.4 Å². The Morgan fingerprint density at radius 2 is 1.90 bits per heavy atom. The molecule has 0 aliphatic rings. The maximum absolute atomic E-state index is 13.6. The minimum absolute atomic E-state index is 0.0937. The summed E-state index contributed by atoms with van der Waals surface area (Å²) in [5, 5.41) is 17.5. The molecule has 0 aliphatic carbocycles. The quantitative estimate of drug-likeness (QED) is 0.930. The first kappa shape index (κ1) is 13.9. The Morgan fingerprint density at radius 1 is 1.20 bits per heavy atom. The van der Waals surface area contributed by atoms with Gasteiger partial charge in [-0.05, 0) is 35.4 Å². The molecule has 0 amide bonds. The molecule has 20 heavy (non-hydrogen) atoms. The first-order chi connectivity index (χ1) is 9.63. The minimum Gasteiger partial charge on any atom is -0.483 e. The Balaban J connectivity index is 2.17. The van der Waals surface area contributed by atoms with Crippen molar-refractivity contribution in [3.05, 3.63) is 58.9 Å². The average Bonchev–Trinajstić information content (AvgIpc) is 2.46. The van der Waals surface area contributed by atoms with Gasteiger partial charge < -0.3 is 9.84 Å². The number of nitriles is 1. The fraction of sp³-hybridized carbons (Fsp3) is 0.143. The van der Waals surface area contributed by atoms with E-state index in [1.54, 1.807) is 6.07 Å². The van der Waals surface area contributed by atoms with Gasteiger partial charge in [0.25, 0.3) is 0 Å². The lowest BCUT2D eigenvalue weighted by molar-refractivity contribution is 0.266. The molecule has 102 valence electrons. The summed E-state index contributed by atoms with van der Waals surface area (Å²) in [4.78, 5) is 3.78. The van der Waals surface area contributed by atoms with Gasteiger partial charge in [0, 0.05) is 6.20 Å². The molecule has 0 atom stereocenters. The molecule has 1 heterocycles. The van der Waals surface area contributed by atoms with Crippen LogP contribution in [-0.2, 0) is 13.2 Å². The maximum atomic E-state index is 13.6. The number of benzene rings is 1. The zero-order valence-electron chi connectivity index (χ0n) is 10.3. The number of aliphatic hydroxyl groups is 1. The molecule has 1 aromatic carbocycles. The largest absolute Gasteiger partial charge is 0.483 e. The van der Waals surface area contributed by atoms with Gasteiger partial charge in [0.05, 0.1) is 6.61 Å². The molecular weight excluding hydrogens is 266 g/mol. The highest BCUT2D eigenvalue weighted by Gasteiger charge is 2.12. The van der Waals surface area contributed by atoms with Gasteiger partial charge in [-0.2, -0.15) is 5.26 Å². The summed E-state index contributed by atoms with van der Waals surface area (Å²) in [6.07, 6.45) is 1.42. The summed E-state index contributed by atoms with van der Waals surface area (Å²) < 4.78 is 32.3. The van der Waals surface area contributed by atoms with Crippen LogP contribution in [0.2, 0.25) is 0 Å². The zero-order chi connectivity index (χ0) is 14.5. The molecule has 0 spiro atoms. The van der Waals surface area contributed by atoms with E-state index in [0.717, 1.165) is 12.1 Å². The molecule has 1 aromatic heterocycles. The van der Waals surface area contributed by atoms with Crippen molar-refractivity contribution in [1.29, 1.82) is 5.26 Å². The molecule has 0 radical (unpaired) electrons. The van der Waals surface area contributed by atoms with Gasteiger partial charge in [-0.1, -0.05) is 0 Å². The Labute approximate surface area is 113 Å². The third-order valence-electron chi connectivity index (χ3n) is 2.56. The Hall–Kier alpha value is -2.52. The van der Waals surface area contributed by atoms with Crippen molar-refractivity contribution in [3.63, 3.8) is 0 Å². The van der Waals surface area contributed by atoms with E-state index >= 15 is 0 Å². The van der Waals surface area contributed by atoms with Crippen molar-refractivity contribution in [2.45, 2.75) is 13.2 Å². The molecule has 0 fully saturated rings. The number of nitrogens with zero attached hydrogens (tertiary/aromatic N) is 2. The van der Waals surface area contributed by atoms with Crippen LogP contribution in [0.1, 0.15) is 16.8 Å². The predicted molar refractivity (Wildman–Crippen MR) is 65.6 cm³/mol. The van der Waals surface area contributed by atoms with Crippen LogP contribution in [0.3, 0.4) is 0 Å². The third kappa shape index (κ3) is 3.08. The molecule has 0 aliphatic heterocycles. The van der Waals surface area contributed by atoms with E-state index in [-0.39, 0.29) is 17.9 Å². The second kappa shape index (κ2) is 6.08. The van der Waals surface area contributed by atoms with Crippen LogP contribution in [0.15, 0.2) is 30.5 Å². The standard InChI is InChI=1S/C14H10F2N2O2/c15-12-4-10(7-19)5-13(16)14(12)20-8-9-1-2-18-11(3-9)6-17/h1-5,19H,7-8H2. The minimum atomic E-state index is -0.886. The number of pyridine rings is 1. The lowest BCUT2D eigenvalue weighted by atomic mass is 10.2. The number of hydrogen-bond donors (Lipinski definition) is 1. The van der Waals surface area contributed by atoms with Crippen LogP contribution in [0.5, 0.6) is 5.75 Å². The van der Waals surface area contributed by atoms with Gasteiger partial charge in [-0.25, -0.2) is 13.8 Å². The molecular formula is C14H10F2N2O2. The average molecular weight is 276 g/mol. The third-order valence-corrected chi connectivity index (χ3v) is 2.56. The van der Waals surface area contributed by atoms with Gasteiger partial charge in [-0.3, -0.25) is 0 Å². The Morgan fingerprint density at radius 3 is 2.50 bits per heavy atom. The Kier molecular flexibility index (Phi) is 4.23. The van der Waals surface area contributed by atoms with Crippen LogP contribution >= 0.6 is 0 Å². The number of aliphatic hydroxyl groups excluding tert-OH is 1. The fourth-order valence-corrected chi connectivity index (χ4v) is 1.62. The van der Waals surface area contributed by atoms with Crippen molar-refractivity contribution in [2.75, 3.05) is 0 Å². The molecule has 2 aromatic rings. The van der Waals surface area contributed by atoms with E-state index in [1.807, 2.05) is 6.07 Å². The highest BCUT2D eigenvalue weighted by atomic mass is 19.1. The van der Waals surface area contributed by atoms with Gasteiger partial charge >= 0.3 is 0 Å². The zero-order valence-corrected chi connectivity index (χ0v) is 10.3. The van der Waals surface area contributed by atoms with Gasteiger partial charge in [-0.15, -0.1) is 0 Å². The molecule has 4 nitrogen and oxygen atoms in total. The molecule has 0 bridgehead atoms. The van der Waals surface area contributed by atoms with Crippen molar-refractivity contribution in [2.24, 2.45) is 0 Å². The van der Waals surface area contributed by atoms with E-state index in [0.29, 0.717) is 5.56 Å². The van der Waals surface area contributed by atoms with Crippen LogP contribution in [-0.4, -0.2) is 10.1 Å². The SMILES string of the molecule is N#Cc1cc(COc2c(F)cc(CO)cc2F)ccn1. The monoisotopic (exact) mass is 276 g/mol. The number of hydrogen-bond acceptors (Lipinski definition) is 4. The van der Waals surface area contributed by atoms with Crippen LogP contribution < -0.4 is 4.74 Å². The number of halogens is 2. The van der Waals surface area contributed by atoms with Crippen LogP contribution in [0.4, 0.5) is 8.78 Å². The molecule has 0 saturated carbocycles. The molecule has 0 saturated heterocycles. The highest BCUT2D eigenvalue weighted by Crippen LogP contribution is 2.24. The molecule has 6 heteroatoms. The van der Waals surface area contributed by atoms with E-state index in [4.69, 9.17) is 15.1 Å². The molecule has 2 rings (SSSR count). The summed E-state index contributed by atoms with van der Waals surface area (Å²) in [7, 11) is 0. The van der Waals surface area contributed by atoms with Crippen LogP contribution in [0.25, 0.3) is 0 Å². The van der Waals surface area contributed by atoms with Crippen molar-refractivity contribution < 1.29 is 18.6 Å². The molecule has 1 N–H and O–H groups in total. The topological polar surface area (TPSA) is 66.1 Å². The number of ether oxygens (including phenoxy) is 1. The van der Waals surface area contributed by atoms with Crippen LogP contribution in [0, 0.1) is 23.0 Å². The fourth-order valence-electron chi connectivity index (χ4n) is 1.62. The predicted octanol–water partition coefficient (Wildman–Crippen LogP) is 2.30. The van der Waals surface area contributed by atoms with E-state index in [1.165, 1.54) is 12.3 Å². The maximum Gasteiger partial charge on any atom is 0.191 e. The second-order valence-corrected chi connectivity index (χ2v) is 4.00. The summed E-state index contributed by atoms with van der Waals surface area (Å²) in [6, 6.07) is 6.92. The second-order valence-electron chi connectivity index (χ2n) is 4.00. The summed E-state index contributed by atoms with van der Waals surface area (Å²) in [6.45, 7) is -0.548. The summed E-state index contributed by atoms with van der Waals surface area (Å²) >= 11 is 0. The summed E-state index contributed by atoms with van der Waals surface area (Å²) in [5.41, 5.74) is 0.896. The molecule has 0 unspecified atom stereocenters. The summed E-state index contributed by atoms with van der Waals surface area (Å²) in [5.74, 6) is -2.29. The van der Waals surface area contributed by atoms with E-state index < -0.39 is 24.0 Å². The highest BCUT2D eigenvalue weighted by molar-refractivity contribution is 5.32. The number of rotatable bonds is 4. The lowest BCUT2D eigenvalue weighted by Crippen LogP contribution is -2.02.